The highest BCUT2D eigenvalue weighted by molar-refractivity contribution is 8.04. The number of hydrogen-bond donors (Lipinski definition) is 0. The fourth-order valence-corrected chi connectivity index (χ4v) is 8.06. The van der Waals surface area contributed by atoms with Crippen molar-refractivity contribution in [2.45, 2.75) is 61.0 Å². The first-order chi connectivity index (χ1) is 17.3. The third-order valence-corrected chi connectivity index (χ3v) is 10.4. The first kappa shape index (κ1) is 27.6. The van der Waals surface area contributed by atoms with Crippen LogP contribution in [0, 0.1) is 6.92 Å². The Balaban J connectivity index is 2.18. The Labute approximate surface area is 215 Å². The molecule has 0 aliphatic carbocycles. The van der Waals surface area contributed by atoms with Crippen LogP contribution in [0.15, 0.2) is 111 Å². The Hall–Kier alpha value is -3.03. The summed E-state index contributed by atoms with van der Waals surface area (Å²) in [5.74, 6) is -0.433. The predicted molar refractivity (Wildman–Crippen MR) is 146 cm³/mol. The van der Waals surface area contributed by atoms with Gasteiger partial charge in [0.1, 0.15) is 15.0 Å². The van der Waals surface area contributed by atoms with E-state index >= 15 is 0 Å². The number of carbonyl (C=O) groups excluding carboxylic acids is 1. The van der Waals surface area contributed by atoms with Gasteiger partial charge in [-0.1, -0.05) is 105 Å². The van der Waals surface area contributed by atoms with E-state index in [1.165, 1.54) is 12.1 Å². The van der Waals surface area contributed by atoms with Crippen molar-refractivity contribution in [2.24, 2.45) is 3.77 Å². The van der Waals surface area contributed by atoms with E-state index in [1.807, 2.05) is 13.0 Å². The van der Waals surface area contributed by atoms with Gasteiger partial charge in [-0.25, -0.2) is 4.21 Å². The van der Waals surface area contributed by atoms with Gasteiger partial charge >= 0.3 is 0 Å². The molecule has 0 N–H and O–H groups in total. The van der Waals surface area contributed by atoms with Crippen LogP contribution < -0.4 is 0 Å². The van der Waals surface area contributed by atoms with Gasteiger partial charge in [0.25, 0.3) is 10.0 Å². The molecule has 3 aromatic carbocycles. The molecule has 0 spiro atoms. The lowest BCUT2D eigenvalue weighted by molar-refractivity contribution is 0.0999. The van der Waals surface area contributed by atoms with Crippen LogP contribution in [0.1, 0.15) is 54.9 Å². The maximum Gasteiger partial charge on any atom is 0.290 e. The van der Waals surface area contributed by atoms with Crippen molar-refractivity contribution in [3.8, 4) is 0 Å². The molecule has 0 saturated heterocycles. The predicted octanol–water partition coefficient (Wildman–Crippen LogP) is 6.99. The molecule has 7 heteroatoms. The van der Waals surface area contributed by atoms with E-state index in [9.17, 15) is 17.4 Å². The van der Waals surface area contributed by atoms with Gasteiger partial charge < -0.3 is 0 Å². The fraction of sp³-hybridized carbons (Fsp3) is 0.276. The SMILES string of the molecule is CCCCCC/C=C/C(C(=O)c1ccccc1)S(=O)(=NS(=O)(=O)c1ccc(C)cc1)c1ccccc1. The van der Waals surface area contributed by atoms with Crippen molar-refractivity contribution in [1.82, 2.24) is 0 Å². The molecule has 0 heterocycles. The van der Waals surface area contributed by atoms with Crippen LogP contribution in [0.4, 0.5) is 0 Å². The second-order valence-electron chi connectivity index (χ2n) is 8.67. The van der Waals surface area contributed by atoms with Gasteiger partial charge in [0.15, 0.2) is 5.78 Å². The highest BCUT2D eigenvalue weighted by Gasteiger charge is 2.33. The van der Waals surface area contributed by atoms with Crippen molar-refractivity contribution in [1.29, 1.82) is 0 Å². The average molecular weight is 524 g/mol. The zero-order chi connectivity index (χ0) is 26.0. The molecule has 0 aliphatic heterocycles. The molecule has 2 atom stereocenters. The summed E-state index contributed by atoms with van der Waals surface area (Å²) in [5.41, 5.74) is 1.24. The molecule has 0 aliphatic rings. The van der Waals surface area contributed by atoms with Gasteiger partial charge in [-0.15, -0.1) is 3.77 Å². The van der Waals surface area contributed by atoms with Crippen molar-refractivity contribution in [3.63, 3.8) is 0 Å². The summed E-state index contributed by atoms with van der Waals surface area (Å²) in [6.45, 7) is 3.98. The van der Waals surface area contributed by atoms with Crippen molar-refractivity contribution >= 4 is 25.5 Å². The second-order valence-corrected chi connectivity index (χ2v) is 12.8. The maximum atomic E-state index is 14.7. The lowest BCUT2D eigenvalue weighted by Crippen LogP contribution is -2.29. The first-order valence-electron chi connectivity index (χ1n) is 12.2. The Bertz CT molecular complexity index is 1390. The average Bonchev–Trinajstić information content (AvgIpc) is 2.89. The molecule has 0 amide bonds. The van der Waals surface area contributed by atoms with Gasteiger partial charge in [-0.05, 0) is 44.0 Å². The minimum absolute atomic E-state index is 0.0637. The number of sulfonamides is 1. The molecular weight excluding hydrogens is 490 g/mol. The minimum Gasteiger partial charge on any atom is -0.292 e. The van der Waals surface area contributed by atoms with Gasteiger partial charge in [0.05, 0.1) is 4.90 Å². The van der Waals surface area contributed by atoms with E-state index in [1.54, 1.807) is 78.9 Å². The van der Waals surface area contributed by atoms with Crippen LogP contribution in [0.2, 0.25) is 0 Å². The quantitative estimate of drug-likeness (QED) is 0.146. The monoisotopic (exact) mass is 523 g/mol. The lowest BCUT2D eigenvalue weighted by atomic mass is 10.1. The number of unbranched alkanes of at least 4 members (excludes halogenated alkanes) is 4. The number of rotatable bonds is 12. The summed E-state index contributed by atoms with van der Waals surface area (Å²) in [6, 6.07) is 22.9. The number of aryl methyl sites for hydroxylation is 1. The highest BCUT2D eigenvalue weighted by Crippen LogP contribution is 2.27. The van der Waals surface area contributed by atoms with Crippen LogP contribution in [0.3, 0.4) is 0 Å². The van der Waals surface area contributed by atoms with Crippen LogP contribution in [-0.4, -0.2) is 23.7 Å². The molecule has 190 valence electrons. The van der Waals surface area contributed by atoms with E-state index in [-0.39, 0.29) is 9.79 Å². The maximum absolute atomic E-state index is 14.7. The molecule has 36 heavy (non-hydrogen) atoms. The summed E-state index contributed by atoms with van der Waals surface area (Å²) < 4.78 is 45.4. The van der Waals surface area contributed by atoms with Crippen LogP contribution in [0.25, 0.3) is 0 Å². The Morgan fingerprint density at radius 1 is 0.806 bits per heavy atom. The Morgan fingerprint density at radius 2 is 1.42 bits per heavy atom. The molecule has 3 aromatic rings. The molecule has 0 bridgehead atoms. The van der Waals surface area contributed by atoms with Crippen LogP contribution in [0.5, 0.6) is 0 Å². The number of hydrogen-bond acceptors (Lipinski definition) is 4. The number of Topliss-reactive ketones (excluding diaryl/α,β-unsaturated/α-hetero) is 1. The Kier molecular flexibility index (Phi) is 9.79. The normalized spacial score (nSPS) is 14.3. The molecule has 0 fully saturated rings. The third kappa shape index (κ3) is 7.02. The number of benzene rings is 3. The van der Waals surface area contributed by atoms with Crippen LogP contribution in [-0.2, 0) is 19.8 Å². The summed E-state index contributed by atoms with van der Waals surface area (Å²) in [7, 11) is -8.09. The molecule has 0 aromatic heterocycles. The number of allylic oxidation sites excluding steroid dienone is 1. The fourth-order valence-electron chi connectivity index (χ4n) is 3.76. The molecule has 3 rings (SSSR count). The largest absolute Gasteiger partial charge is 0.292 e. The van der Waals surface area contributed by atoms with Crippen LogP contribution >= 0.6 is 0 Å². The third-order valence-electron chi connectivity index (χ3n) is 5.80. The van der Waals surface area contributed by atoms with Gasteiger partial charge in [-0.2, -0.15) is 8.42 Å². The molecule has 2 unspecified atom stereocenters. The second kappa shape index (κ2) is 12.8. The summed E-state index contributed by atoms with van der Waals surface area (Å²) >= 11 is 0. The molecular formula is C29H33NO4S2. The van der Waals surface area contributed by atoms with Crippen molar-refractivity contribution < 1.29 is 17.4 Å². The van der Waals surface area contributed by atoms with Crippen molar-refractivity contribution in [2.75, 3.05) is 0 Å². The molecule has 5 nitrogen and oxygen atoms in total. The van der Waals surface area contributed by atoms with Gasteiger partial charge in [0.2, 0.25) is 0 Å². The zero-order valence-electron chi connectivity index (χ0n) is 20.7. The minimum atomic E-state index is -4.32. The van der Waals surface area contributed by atoms with Gasteiger partial charge in [-0.3, -0.25) is 4.79 Å². The summed E-state index contributed by atoms with van der Waals surface area (Å²) in [5, 5.41) is -1.27. The zero-order valence-corrected chi connectivity index (χ0v) is 22.4. The van der Waals surface area contributed by atoms with E-state index in [0.717, 1.165) is 31.2 Å². The first-order valence-corrected chi connectivity index (χ1v) is 15.2. The Morgan fingerprint density at radius 3 is 2.03 bits per heavy atom. The van der Waals surface area contributed by atoms with Gasteiger partial charge in [0, 0.05) is 10.5 Å². The number of nitrogens with zero attached hydrogens (tertiary/aromatic N) is 1. The van der Waals surface area contributed by atoms with E-state index < -0.39 is 30.8 Å². The topological polar surface area (TPSA) is 80.6 Å². The van der Waals surface area contributed by atoms with E-state index in [0.29, 0.717) is 12.0 Å². The summed E-state index contributed by atoms with van der Waals surface area (Å²) in [6.07, 6.45) is 8.33. The molecule has 0 radical (unpaired) electrons. The molecule has 0 saturated carbocycles. The number of ketones is 1. The standard InChI is InChI=1S/C29H33NO4S2/c1-3-4-5-6-7-14-19-28(29(31)25-15-10-8-11-16-25)35(32,26-17-12-9-13-18-26)30-36(33,34)27-22-20-24(2)21-23-27/h8-23,28H,3-7H2,1-2H3/b19-14+. The smallest absolute Gasteiger partial charge is 0.290 e. The van der Waals surface area contributed by atoms with E-state index in [4.69, 9.17) is 0 Å². The summed E-state index contributed by atoms with van der Waals surface area (Å²) in [4.78, 5) is 13.8. The van der Waals surface area contributed by atoms with Crippen molar-refractivity contribution in [3.05, 3.63) is 108 Å². The highest BCUT2D eigenvalue weighted by atomic mass is 32.3. The lowest BCUT2D eigenvalue weighted by Gasteiger charge is -2.19. The number of carbonyl (C=O) groups is 1. The van der Waals surface area contributed by atoms with E-state index in [2.05, 4.69) is 10.7 Å².